The van der Waals surface area contributed by atoms with Crippen molar-refractivity contribution >= 4 is 47.0 Å². The lowest BCUT2D eigenvalue weighted by Gasteiger charge is -2.32. The summed E-state index contributed by atoms with van der Waals surface area (Å²) in [5.41, 5.74) is 2.93. The number of cyclic esters (lactones) is 1. The Balaban J connectivity index is 1.58. The number of halogens is 1. The zero-order valence-corrected chi connectivity index (χ0v) is 18.5. The van der Waals surface area contributed by atoms with Gasteiger partial charge >= 0.3 is 12.0 Å². The number of carbonyl (C=O) groups is 3. The van der Waals surface area contributed by atoms with Crippen LogP contribution >= 0.6 is 23.4 Å². The fourth-order valence-electron chi connectivity index (χ4n) is 3.58. The first-order chi connectivity index (χ1) is 14.9. The molecule has 0 aromatic heterocycles. The molecule has 0 aliphatic carbocycles. The molecule has 0 saturated carbocycles. The van der Waals surface area contributed by atoms with E-state index in [1.165, 1.54) is 4.90 Å². The number of urea groups is 1. The summed E-state index contributed by atoms with van der Waals surface area (Å²) in [6, 6.07) is 11.8. The SMILES string of the molecule is CSc1ccc([C@@H]2NC(=O)N(CC(=O)Nc3ccc(C)cc3Cl)C3=C2C(=O)OC3)cc1. The van der Waals surface area contributed by atoms with Crippen molar-refractivity contribution in [2.75, 3.05) is 24.7 Å². The van der Waals surface area contributed by atoms with Crippen LogP contribution in [0.15, 0.2) is 58.6 Å². The molecule has 160 valence electrons. The third kappa shape index (κ3) is 4.26. The standard InChI is InChI=1S/C22H20ClN3O4S/c1-12-3-8-16(15(23)9-12)24-18(27)10-26-17-11-30-21(28)19(17)20(25-22(26)29)13-4-6-14(31-2)7-5-13/h3-9,20H,10-11H2,1-2H3,(H,24,27)(H,25,29)/t20-/m0/s1. The van der Waals surface area contributed by atoms with E-state index >= 15 is 0 Å². The number of benzene rings is 2. The molecule has 0 radical (unpaired) electrons. The quantitative estimate of drug-likeness (QED) is 0.525. The number of hydrogen-bond donors (Lipinski definition) is 2. The number of carbonyl (C=O) groups excluding carboxylic acids is 3. The molecule has 2 heterocycles. The molecule has 4 rings (SSSR count). The van der Waals surface area contributed by atoms with Gasteiger partial charge in [0.05, 0.1) is 28.0 Å². The molecule has 2 aromatic carbocycles. The Hall–Kier alpha value is -2.97. The first-order valence-corrected chi connectivity index (χ1v) is 11.2. The summed E-state index contributed by atoms with van der Waals surface area (Å²) in [5, 5.41) is 5.94. The Labute approximate surface area is 188 Å². The lowest BCUT2D eigenvalue weighted by Crippen LogP contribution is -2.49. The lowest BCUT2D eigenvalue weighted by molar-refractivity contribution is -0.136. The summed E-state index contributed by atoms with van der Waals surface area (Å²) in [5.74, 6) is -0.934. The van der Waals surface area contributed by atoms with Crippen molar-refractivity contribution in [3.05, 3.63) is 69.9 Å². The van der Waals surface area contributed by atoms with Crippen molar-refractivity contribution in [2.24, 2.45) is 0 Å². The summed E-state index contributed by atoms with van der Waals surface area (Å²) in [4.78, 5) is 40.2. The van der Waals surface area contributed by atoms with Crippen LogP contribution in [0.5, 0.6) is 0 Å². The summed E-state index contributed by atoms with van der Waals surface area (Å²) in [6.45, 7) is 1.56. The van der Waals surface area contributed by atoms with E-state index in [-0.39, 0.29) is 13.2 Å². The van der Waals surface area contributed by atoms with Crippen molar-refractivity contribution in [1.82, 2.24) is 10.2 Å². The predicted octanol–water partition coefficient (Wildman–Crippen LogP) is 3.89. The number of rotatable bonds is 5. The number of ether oxygens (including phenoxy) is 1. The average Bonchev–Trinajstić information content (AvgIpc) is 3.13. The average molecular weight is 458 g/mol. The van der Waals surface area contributed by atoms with E-state index in [1.54, 1.807) is 23.9 Å². The molecule has 7 nitrogen and oxygen atoms in total. The molecule has 9 heteroatoms. The zero-order valence-electron chi connectivity index (χ0n) is 16.9. The number of esters is 1. The number of hydrogen-bond acceptors (Lipinski definition) is 5. The van der Waals surface area contributed by atoms with E-state index in [1.807, 2.05) is 43.5 Å². The minimum absolute atomic E-state index is 0.0560. The van der Waals surface area contributed by atoms with Crippen LogP contribution in [0.25, 0.3) is 0 Å². The minimum atomic E-state index is -0.626. The number of amides is 3. The molecule has 0 fully saturated rings. The van der Waals surface area contributed by atoms with Crippen molar-refractivity contribution < 1.29 is 19.1 Å². The molecule has 3 amide bonds. The van der Waals surface area contributed by atoms with Crippen molar-refractivity contribution in [2.45, 2.75) is 17.9 Å². The number of anilines is 1. The van der Waals surface area contributed by atoms with Gasteiger partial charge in [-0.1, -0.05) is 29.8 Å². The van der Waals surface area contributed by atoms with Crippen LogP contribution in [0.2, 0.25) is 5.02 Å². The Kier molecular flexibility index (Phi) is 5.93. The number of thioether (sulfide) groups is 1. The highest BCUT2D eigenvalue weighted by atomic mass is 35.5. The summed E-state index contributed by atoms with van der Waals surface area (Å²) in [6.07, 6.45) is 1.97. The van der Waals surface area contributed by atoms with E-state index < -0.39 is 23.9 Å². The van der Waals surface area contributed by atoms with Crippen LogP contribution in [0.3, 0.4) is 0 Å². The molecule has 0 bridgehead atoms. The number of aryl methyl sites for hydroxylation is 1. The van der Waals surface area contributed by atoms with E-state index in [2.05, 4.69) is 10.6 Å². The van der Waals surface area contributed by atoms with Crippen LogP contribution in [0, 0.1) is 6.92 Å². The van der Waals surface area contributed by atoms with Gasteiger partial charge in [0, 0.05) is 4.90 Å². The van der Waals surface area contributed by atoms with Crippen LogP contribution in [0.4, 0.5) is 10.5 Å². The van der Waals surface area contributed by atoms with Gasteiger partial charge in [-0.15, -0.1) is 11.8 Å². The fraction of sp³-hybridized carbons (Fsp3) is 0.227. The molecule has 2 N–H and O–H groups in total. The van der Waals surface area contributed by atoms with Crippen molar-refractivity contribution in [3.8, 4) is 0 Å². The van der Waals surface area contributed by atoms with Crippen molar-refractivity contribution in [3.63, 3.8) is 0 Å². The predicted molar refractivity (Wildman–Crippen MR) is 119 cm³/mol. The molecule has 2 aliphatic heterocycles. The summed E-state index contributed by atoms with van der Waals surface area (Å²) < 4.78 is 5.20. The maximum absolute atomic E-state index is 12.9. The largest absolute Gasteiger partial charge is 0.456 e. The van der Waals surface area contributed by atoms with Crippen LogP contribution in [-0.2, 0) is 14.3 Å². The highest BCUT2D eigenvalue weighted by Gasteiger charge is 2.42. The van der Waals surface area contributed by atoms with Crippen LogP contribution in [-0.4, -0.2) is 42.2 Å². The van der Waals surface area contributed by atoms with Gasteiger partial charge in [-0.2, -0.15) is 0 Å². The van der Waals surface area contributed by atoms with Gasteiger partial charge in [-0.05, 0) is 48.6 Å². The fourth-order valence-corrected chi connectivity index (χ4v) is 4.27. The second-order valence-corrected chi connectivity index (χ2v) is 8.50. The number of nitrogens with zero attached hydrogens (tertiary/aromatic N) is 1. The molecular weight excluding hydrogens is 438 g/mol. The van der Waals surface area contributed by atoms with Gasteiger partial charge < -0.3 is 15.4 Å². The van der Waals surface area contributed by atoms with Gasteiger partial charge in [0.25, 0.3) is 0 Å². The van der Waals surface area contributed by atoms with E-state index in [0.29, 0.717) is 22.0 Å². The Bertz CT molecular complexity index is 1100. The van der Waals surface area contributed by atoms with E-state index in [0.717, 1.165) is 16.0 Å². The monoisotopic (exact) mass is 457 g/mol. The first kappa shape index (κ1) is 21.3. The lowest BCUT2D eigenvalue weighted by atomic mass is 9.96. The first-order valence-electron chi connectivity index (χ1n) is 9.55. The number of nitrogens with one attached hydrogen (secondary N) is 2. The van der Waals surface area contributed by atoms with Gasteiger partial charge in [0.2, 0.25) is 5.91 Å². The normalized spacial score (nSPS) is 17.9. The molecule has 2 aromatic rings. The second-order valence-electron chi connectivity index (χ2n) is 7.21. The smallest absolute Gasteiger partial charge is 0.338 e. The maximum atomic E-state index is 12.9. The third-order valence-electron chi connectivity index (χ3n) is 5.15. The molecule has 0 saturated heterocycles. The second kappa shape index (κ2) is 8.64. The van der Waals surface area contributed by atoms with E-state index in [9.17, 15) is 14.4 Å². The maximum Gasteiger partial charge on any atom is 0.338 e. The Morgan fingerprint density at radius 2 is 2.00 bits per heavy atom. The summed E-state index contributed by atoms with van der Waals surface area (Å²) >= 11 is 7.78. The molecule has 0 spiro atoms. The zero-order chi connectivity index (χ0) is 22.1. The molecule has 31 heavy (non-hydrogen) atoms. The van der Waals surface area contributed by atoms with Gasteiger partial charge in [0.15, 0.2) is 0 Å². The molecule has 1 atom stereocenters. The minimum Gasteiger partial charge on any atom is -0.456 e. The van der Waals surface area contributed by atoms with Gasteiger partial charge in [-0.3, -0.25) is 9.69 Å². The van der Waals surface area contributed by atoms with Gasteiger partial charge in [-0.25, -0.2) is 9.59 Å². The topological polar surface area (TPSA) is 87.7 Å². The third-order valence-corrected chi connectivity index (χ3v) is 6.20. The molecule has 2 aliphatic rings. The molecular formula is C22H20ClN3O4S. The highest BCUT2D eigenvalue weighted by molar-refractivity contribution is 7.98. The van der Waals surface area contributed by atoms with Crippen molar-refractivity contribution in [1.29, 1.82) is 0 Å². The molecule has 0 unspecified atom stereocenters. The highest BCUT2D eigenvalue weighted by Crippen LogP contribution is 2.35. The Morgan fingerprint density at radius 3 is 2.68 bits per heavy atom. The Morgan fingerprint density at radius 1 is 1.26 bits per heavy atom. The van der Waals surface area contributed by atoms with Gasteiger partial charge in [0.1, 0.15) is 13.2 Å². The summed E-state index contributed by atoms with van der Waals surface area (Å²) in [7, 11) is 0. The van der Waals surface area contributed by atoms with Crippen LogP contribution in [0.1, 0.15) is 17.2 Å². The van der Waals surface area contributed by atoms with E-state index in [4.69, 9.17) is 16.3 Å². The van der Waals surface area contributed by atoms with Crippen LogP contribution < -0.4 is 10.6 Å².